The van der Waals surface area contributed by atoms with Gasteiger partial charge in [0.25, 0.3) is 0 Å². The summed E-state index contributed by atoms with van der Waals surface area (Å²) in [4.78, 5) is 0. The molecule has 0 spiro atoms. The van der Waals surface area contributed by atoms with E-state index in [4.69, 9.17) is 27.9 Å². The van der Waals surface area contributed by atoms with E-state index in [0.29, 0.717) is 15.8 Å². The van der Waals surface area contributed by atoms with Crippen LogP contribution in [0.5, 0.6) is 5.75 Å². The summed E-state index contributed by atoms with van der Waals surface area (Å²) >= 11 is 12.2. The fourth-order valence-electron chi connectivity index (χ4n) is 1.79. The zero-order valence-corrected chi connectivity index (χ0v) is 12.7. The van der Waals surface area contributed by atoms with E-state index in [1.165, 1.54) is 0 Å². The molecule has 18 heavy (non-hydrogen) atoms. The number of hydrogen-bond donors (Lipinski definition) is 0. The lowest BCUT2D eigenvalue weighted by molar-refractivity contribution is 0.403. The molecule has 0 aromatic heterocycles. The van der Waals surface area contributed by atoms with Crippen molar-refractivity contribution < 1.29 is 4.74 Å². The average Bonchev–Trinajstić information content (AvgIpc) is 2.34. The Morgan fingerprint density at radius 3 is 2.50 bits per heavy atom. The van der Waals surface area contributed by atoms with Crippen molar-refractivity contribution >= 4 is 23.2 Å². The van der Waals surface area contributed by atoms with Gasteiger partial charge >= 0.3 is 0 Å². The molecule has 1 rings (SSSR count). The molecule has 98 valence electrons. The second kappa shape index (κ2) is 6.92. The van der Waals surface area contributed by atoms with E-state index in [-0.39, 0.29) is 11.8 Å². The van der Waals surface area contributed by atoms with E-state index in [2.05, 4.69) is 25.7 Å². The van der Waals surface area contributed by atoms with Crippen LogP contribution in [0, 0.1) is 17.8 Å². The molecule has 1 aromatic carbocycles. The Morgan fingerprint density at radius 1 is 1.28 bits per heavy atom. The molecular weight excluding hydrogens is 267 g/mol. The number of hydrogen-bond acceptors (Lipinski definition) is 1. The van der Waals surface area contributed by atoms with Gasteiger partial charge in [-0.05, 0) is 18.1 Å². The quantitative estimate of drug-likeness (QED) is 0.697. The molecule has 0 heterocycles. The van der Waals surface area contributed by atoms with Crippen LogP contribution in [-0.4, -0.2) is 7.11 Å². The number of methoxy groups -OCH3 is 1. The molecule has 0 fully saturated rings. The third-order valence-electron chi connectivity index (χ3n) is 2.99. The van der Waals surface area contributed by atoms with Gasteiger partial charge in [0.2, 0.25) is 0 Å². The van der Waals surface area contributed by atoms with Gasteiger partial charge in [-0.2, -0.15) is 0 Å². The highest BCUT2D eigenvalue weighted by Gasteiger charge is 2.19. The van der Waals surface area contributed by atoms with Crippen molar-refractivity contribution in [3.05, 3.63) is 27.7 Å². The summed E-state index contributed by atoms with van der Waals surface area (Å²) in [5.41, 5.74) is 1.01. The second-order valence-electron chi connectivity index (χ2n) is 4.26. The van der Waals surface area contributed by atoms with Gasteiger partial charge in [0.05, 0.1) is 12.1 Å². The molecule has 0 N–H and O–H groups in total. The Hall–Kier alpha value is -0.840. The molecule has 0 amide bonds. The molecule has 0 saturated heterocycles. The van der Waals surface area contributed by atoms with Gasteiger partial charge in [0, 0.05) is 22.9 Å². The number of halogens is 2. The lowest BCUT2D eigenvalue weighted by atomic mass is 9.88. The summed E-state index contributed by atoms with van der Waals surface area (Å²) in [7, 11) is 1.62. The minimum Gasteiger partial charge on any atom is -0.495 e. The highest BCUT2D eigenvalue weighted by molar-refractivity contribution is 6.35. The Balaban J connectivity index is 3.15. The fourth-order valence-corrected chi connectivity index (χ4v) is 2.38. The molecule has 0 bridgehead atoms. The SMILES string of the molecule is CCC#CC(C)C(C)c1cc(Cl)cc(Cl)c1OC. The minimum absolute atomic E-state index is 0.218. The van der Waals surface area contributed by atoms with Crippen LogP contribution >= 0.6 is 23.2 Å². The normalized spacial score (nSPS) is 13.4. The molecule has 3 heteroatoms. The summed E-state index contributed by atoms with van der Waals surface area (Å²) in [5.74, 6) is 7.48. The lowest BCUT2D eigenvalue weighted by Crippen LogP contribution is -2.06. The Kier molecular flexibility index (Phi) is 5.85. The van der Waals surface area contributed by atoms with Crippen molar-refractivity contribution in [2.45, 2.75) is 33.1 Å². The van der Waals surface area contributed by atoms with Crippen molar-refractivity contribution in [3.63, 3.8) is 0 Å². The van der Waals surface area contributed by atoms with Crippen LogP contribution < -0.4 is 4.74 Å². The standard InChI is InChI=1S/C15H18Cl2O/c1-5-6-7-10(2)11(3)13-8-12(16)9-14(17)15(13)18-4/h8-11H,5H2,1-4H3. The second-order valence-corrected chi connectivity index (χ2v) is 5.11. The first-order valence-electron chi connectivity index (χ1n) is 6.02. The van der Waals surface area contributed by atoms with E-state index >= 15 is 0 Å². The molecule has 0 aliphatic rings. The summed E-state index contributed by atoms with van der Waals surface area (Å²) < 4.78 is 5.37. The summed E-state index contributed by atoms with van der Waals surface area (Å²) in [6.07, 6.45) is 0.866. The fraction of sp³-hybridized carbons (Fsp3) is 0.467. The van der Waals surface area contributed by atoms with Gasteiger partial charge in [-0.1, -0.05) is 49.9 Å². The first-order chi connectivity index (χ1) is 8.51. The van der Waals surface area contributed by atoms with Crippen LogP contribution in [0.1, 0.15) is 38.7 Å². The maximum atomic E-state index is 6.14. The first kappa shape index (κ1) is 15.2. The highest BCUT2D eigenvalue weighted by Crippen LogP contribution is 2.38. The van der Waals surface area contributed by atoms with Gasteiger partial charge in [-0.15, -0.1) is 5.92 Å². The van der Waals surface area contributed by atoms with E-state index in [9.17, 15) is 0 Å². The predicted molar refractivity (Wildman–Crippen MR) is 78.7 cm³/mol. The number of benzene rings is 1. The van der Waals surface area contributed by atoms with E-state index in [0.717, 1.165) is 12.0 Å². The molecule has 1 nitrogen and oxygen atoms in total. The van der Waals surface area contributed by atoms with Crippen molar-refractivity contribution in [2.75, 3.05) is 7.11 Å². The van der Waals surface area contributed by atoms with Gasteiger partial charge in [0.15, 0.2) is 0 Å². The van der Waals surface area contributed by atoms with Gasteiger partial charge in [0.1, 0.15) is 5.75 Å². The molecule has 1 aromatic rings. The summed E-state index contributed by atoms with van der Waals surface area (Å²) in [6, 6.07) is 3.60. The van der Waals surface area contributed by atoms with Crippen molar-refractivity contribution in [1.82, 2.24) is 0 Å². The zero-order valence-electron chi connectivity index (χ0n) is 11.2. The molecule has 0 radical (unpaired) electrons. The zero-order chi connectivity index (χ0) is 13.7. The van der Waals surface area contributed by atoms with Crippen LogP contribution in [0.3, 0.4) is 0 Å². The lowest BCUT2D eigenvalue weighted by Gasteiger charge is -2.19. The number of rotatable bonds is 3. The third kappa shape index (κ3) is 3.57. The predicted octanol–water partition coefficient (Wildman–Crippen LogP) is 5.16. The Bertz CT molecular complexity index is 471. The molecule has 0 saturated carbocycles. The molecule has 2 unspecified atom stereocenters. The number of ether oxygens (including phenoxy) is 1. The van der Waals surface area contributed by atoms with Crippen LogP contribution in [0.4, 0.5) is 0 Å². The van der Waals surface area contributed by atoms with Crippen LogP contribution in [0.15, 0.2) is 12.1 Å². The minimum atomic E-state index is 0.218. The van der Waals surface area contributed by atoms with E-state index < -0.39 is 0 Å². The topological polar surface area (TPSA) is 9.23 Å². The summed E-state index contributed by atoms with van der Waals surface area (Å²) in [6.45, 7) is 6.25. The maximum Gasteiger partial charge on any atom is 0.141 e. The Labute approximate surface area is 119 Å². The maximum absolute atomic E-state index is 6.14. The van der Waals surface area contributed by atoms with Crippen molar-refractivity contribution in [1.29, 1.82) is 0 Å². The summed E-state index contributed by atoms with van der Waals surface area (Å²) in [5, 5.41) is 1.17. The third-order valence-corrected chi connectivity index (χ3v) is 3.49. The smallest absolute Gasteiger partial charge is 0.141 e. The first-order valence-corrected chi connectivity index (χ1v) is 6.78. The van der Waals surface area contributed by atoms with Crippen molar-refractivity contribution in [3.8, 4) is 17.6 Å². The van der Waals surface area contributed by atoms with Crippen LogP contribution in [-0.2, 0) is 0 Å². The van der Waals surface area contributed by atoms with Gasteiger partial charge in [-0.25, -0.2) is 0 Å². The molecule has 0 aliphatic carbocycles. The van der Waals surface area contributed by atoms with Crippen LogP contribution in [0.2, 0.25) is 10.0 Å². The monoisotopic (exact) mass is 284 g/mol. The Morgan fingerprint density at radius 2 is 1.94 bits per heavy atom. The highest BCUT2D eigenvalue weighted by atomic mass is 35.5. The largest absolute Gasteiger partial charge is 0.495 e. The van der Waals surface area contributed by atoms with Crippen LogP contribution in [0.25, 0.3) is 0 Å². The van der Waals surface area contributed by atoms with Gasteiger partial charge < -0.3 is 4.74 Å². The van der Waals surface area contributed by atoms with E-state index in [1.807, 2.05) is 13.0 Å². The average molecular weight is 285 g/mol. The van der Waals surface area contributed by atoms with Gasteiger partial charge in [-0.3, -0.25) is 0 Å². The molecular formula is C15H18Cl2O. The molecule has 0 aliphatic heterocycles. The van der Waals surface area contributed by atoms with E-state index in [1.54, 1.807) is 13.2 Å². The molecule has 2 atom stereocenters. The van der Waals surface area contributed by atoms with Crippen molar-refractivity contribution in [2.24, 2.45) is 5.92 Å².